The highest BCUT2D eigenvalue weighted by atomic mass is 16.5. The van der Waals surface area contributed by atoms with Gasteiger partial charge in [-0.3, -0.25) is 0 Å². The molecular weight excluding hydrogens is 278 g/mol. The quantitative estimate of drug-likeness (QED) is 0.868. The molecule has 0 spiro atoms. The molecule has 1 saturated carbocycles. The lowest BCUT2D eigenvalue weighted by Crippen LogP contribution is -2.07. The average molecular weight is 301 g/mol. The highest BCUT2D eigenvalue weighted by molar-refractivity contribution is 6.06. The zero-order chi connectivity index (χ0) is 15.7. The van der Waals surface area contributed by atoms with E-state index in [1.54, 1.807) is 12.1 Å². The van der Waals surface area contributed by atoms with Gasteiger partial charge < -0.3 is 14.4 Å². The SMILES string of the molecule is COC(=O)c1c(C)n(CCC2CCCC2)c2ccc(O)cc12. The van der Waals surface area contributed by atoms with E-state index in [4.69, 9.17) is 4.74 Å². The van der Waals surface area contributed by atoms with Crippen molar-refractivity contribution in [2.45, 2.75) is 45.6 Å². The molecule has 1 N–H and O–H groups in total. The van der Waals surface area contributed by atoms with Crippen molar-refractivity contribution in [3.05, 3.63) is 29.5 Å². The number of nitrogens with zero attached hydrogens (tertiary/aromatic N) is 1. The number of aromatic nitrogens is 1. The maximum absolute atomic E-state index is 12.1. The fourth-order valence-corrected chi connectivity index (χ4v) is 3.73. The normalized spacial score (nSPS) is 15.5. The standard InChI is InChI=1S/C18H23NO3/c1-12-17(18(21)22-2)15-11-14(20)7-8-16(15)19(12)10-9-13-5-3-4-6-13/h7-8,11,13,20H,3-6,9-10H2,1-2H3. The maximum Gasteiger partial charge on any atom is 0.340 e. The summed E-state index contributed by atoms with van der Waals surface area (Å²) in [5.41, 5.74) is 2.49. The summed E-state index contributed by atoms with van der Waals surface area (Å²) < 4.78 is 7.12. The Labute approximate surface area is 130 Å². The molecule has 2 aromatic rings. The number of fused-ring (bicyclic) bond motifs is 1. The second-order valence-electron chi connectivity index (χ2n) is 6.24. The Morgan fingerprint density at radius 2 is 2.09 bits per heavy atom. The third kappa shape index (κ3) is 2.58. The van der Waals surface area contributed by atoms with Crippen LogP contribution in [0.1, 0.15) is 48.2 Å². The van der Waals surface area contributed by atoms with Gasteiger partial charge in [-0.2, -0.15) is 0 Å². The van der Waals surface area contributed by atoms with E-state index in [-0.39, 0.29) is 11.7 Å². The molecule has 0 aliphatic heterocycles. The van der Waals surface area contributed by atoms with Gasteiger partial charge in [-0.05, 0) is 37.5 Å². The largest absolute Gasteiger partial charge is 0.508 e. The maximum atomic E-state index is 12.1. The van der Waals surface area contributed by atoms with Gasteiger partial charge in [0.25, 0.3) is 0 Å². The second kappa shape index (κ2) is 6.03. The van der Waals surface area contributed by atoms with E-state index in [2.05, 4.69) is 4.57 Å². The molecule has 4 heteroatoms. The summed E-state index contributed by atoms with van der Waals surface area (Å²) in [5, 5.41) is 10.5. The van der Waals surface area contributed by atoms with Crippen LogP contribution in [0.5, 0.6) is 5.75 Å². The molecule has 1 aromatic carbocycles. The summed E-state index contributed by atoms with van der Waals surface area (Å²) in [6.45, 7) is 2.87. The molecule has 1 fully saturated rings. The number of aryl methyl sites for hydroxylation is 1. The van der Waals surface area contributed by atoms with E-state index in [9.17, 15) is 9.90 Å². The molecule has 4 nitrogen and oxygen atoms in total. The first kappa shape index (κ1) is 14.9. The van der Waals surface area contributed by atoms with Crippen molar-refractivity contribution in [3.8, 4) is 5.75 Å². The number of esters is 1. The van der Waals surface area contributed by atoms with Crippen LogP contribution >= 0.6 is 0 Å². The zero-order valence-electron chi connectivity index (χ0n) is 13.3. The van der Waals surface area contributed by atoms with Crippen LogP contribution in [0.15, 0.2) is 18.2 Å². The Kier molecular flexibility index (Phi) is 4.10. The summed E-state index contributed by atoms with van der Waals surface area (Å²) in [6, 6.07) is 5.22. The van der Waals surface area contributed by atoms with E-state index in [1.165, 1.54) is 32.8 Å². The average Bonchev–Trinajstić information content (AvgIpc) is 3.10. The number of carbonyl (C=O) groups excluding carboxylic acids is 1. The lowest BCUT2D eigenvalue weighted by Gasteiger charge is -2.12. The molecule has 0 radical (unpaired) electrons. The number of hydrogen-bond donors (Lipinski definition) is 1. The van der Waals surface area contributed by atoms with Gasteiger partial charge in [-0.25, -0.2) is 4.79 Å². The fourth-order valence-electron chi connectivity index (χ4n) is 3.73. The van der Waals surface area contributed by atoms with E-state index in [1.807, 2.05) is 13.0 Å². The Hall–Kier alpha value is -1.97. The van der Waals surface area contributed by atoms with Crippen LogP contribution in [0.3, 0.4) is 0 Å². The highest BCUT2D eigenvalue weighted by Gasteiger charge is 2.22. The number of carbonyl (C=O) groups is 1. The molecule has 1 aliphatic rings. The third-order valence-corrected chi connectivity index (χ3v) is 4.93. The van der Waals surface area contributed by atoms with Crippen LogP contribution in [-0.4, -0.2) is 22.8 Å². The van der Waals surface area contributed by atoms with Crippen molar-refractivity contribution in [1.29, 1.82) is 0 Å². The summed E-state index contributed by atoms with van der Waals surface area (Å²) in [4.78, 5) is 12.1. The summed E-state index contributed by atoms with van der Waals surface area (Å²) >= 11 is 0. The monoisotopic (exact) mass is 301 g/mol. The Morgan fingerprint density at radius 1 is 1.36 bits per heavy atom. The van der Waals surface area contributed by atoms with Gasteiger partial charge in [-0.15, -0.1) is 0 Å². The number of hydrogen-bond acceptors (Lipinski definition) is 3. The Bertz CT molecular complexity index is 696. The highest BCUT2D eigenvalue weighted by Crippen LogP contribution is 2.32. The molecule has 0 saturated heterocycles. The minimum Gasteiger partial charge on any atom is -0.508 e. The van der Waals surface area contributed by atoms with Crippen molar-refractivity contribution in [2.75, 3.05) is 7.11 Å². The number of rotatable bonds is 4. The first-order valence-corrected chi connectivity index (χ1v) is 8.02. The van der Waals surface area contributed by atoms with E-state index in [0.29, 0.717) is 5.56 Å². The molecule has 0 bridgehead atoms. The first-order valence-electron chi connectivity index (χ1n) is 8.02. The molecule has 22 heavy (non-hydrogen) atoms. The molecule has 3 rings (SSSR count). The van der Waals surface area contributed by atoms with Gasteiger partial charge in [0.1, 0.15) is 5.75 Å². The van der Waals surface area contributed by atoms with E-state index in [0.717, 1.165) is 35.5 Å². The minimum absolute atomic E-state index is 0.172. The van der Waals surface area contributed by atoms with Crippen molar-refractivity contribution in [3.63, 3.8) is 0 Å². The van der Waals surface area contributed by atoms with Gasteiger partial charge in [0.15, 0.2) is 0 Å². The van der Waals surface area contributed by atoms with Gasteiger partial charge in [-0.1, -0.05) is 25.7 Å². The molecule has 0 unspecified atom stereocenters. The van der Waals surface area contributed by atoms with Crippen LogP contribution in [0.25, 0.3) is 10.9 Å². The predicted octanol–water partition coefficient (Wildman–Crippen LogP) is 4.02. The van der Waals surface area contributed by atoms with Crippen LogP contribution < -0.4 is 0 Å². The molecule has 1 heterocycles. The van der Waals surface area contributed by atoms with Crippen LogP contribution in [0.2, 0.25) is 0 Å². The van der Waals surface area contributed by atoms with Gasteiger partial charge in [0.05, 0.1) is 12.7 Å². The fraction of sp³-hybridized carbons (Fsp3) is 0.500. The smallest absolute Gasteiger partial charge is 0.340 e. The van der Waals surface area contributed by atoms with Crippen LogP contribution in [-0.2, 0) is 11.3 Å². The molecule has 1 aromatic heterocycles. The summed E-state index contributed by atoms with van der Waals surface area (Å²) in [5.74, 6) is 0.633. The van der Waals surface area contributed by atoms with Crippen molar-refractivity contribution >= 4 is 16.9 Å². The van der Waals surface area contributed by atoms with Gasteiger partial charge >= 0.3 is 5.97 Å². The van der Waals surface area contributed by atoms with Gasteiger partial charge in [0.2, 0.25) is 0 Å². The summed E-state index contributed by atoms with van der Waals surface area (Å²) in [6.07, 6.45) is 6.48. The molecule has 118 valence electrons. The number of ether oxygens (including phenoxy) is 1. The number of aromatic hydroxyl groups is 1. The molecular formula is C18H23NO3. The van der Waals surface area contributed by atoms with Crippen LogP contribution in [0, 0.1) is 12.8 Å². The van der Waals surface area contributed by atoms with Crippen molar-refractivity contribution in [1.82, 2.24) is 4.57 Å². The van der Waals surface area contributed by atoms with E-state index < -0.39 is 0 Å². The first-order chi connectivity index (χ1) is 10.6. The molecule has 0 atom stereocenters. The minimum atomic E-state index is -0.340. The Balaban J connectivity index is 2.01. The summed E-state index contributed by atoms with van der Waals surface area (Å²) in [7, 11) is 1.40. The number of benzene rings is 1. The van der Waals surface area contributed by atoms with E-state index >= 15 is 0 Å². The number of phenols is 1. The predicted molar refractivity (Wildman–Crippen MR) is 86.3 cm³/mol. The van der Waals surface area contributed by atoms with Crippen LogP contribution in [0.4, 0.5) is 0 Å². The van der Waals surface area contributed by atoms with Crippen molar-refractivity contribution < 1.29 is 14.6 Å². The lowest BCUT2D eigenvalue weighted by atomic mass is 10.0. The second-order valence-corrected chi connectivity index (χ2v) is 6.24. The lowest BCUT2D eigenvalue weighted by molar-refractivity contribution is 0.0602. The van der Waals surface area contributed by atoms with Crippen molar-refractivity contribution in [2.24, 2.45) is 5.92 Å². The topological polar surface area (TPSA) is 51.5 Å². The molecule has 0 amide bonds. The molecule has 1 aliphatic carbocycles. The number of methoxy groups -OCH3 is 1. The number of phenolic OH excluding ortho intramolecular Hbond substituents is 1. The van der Waals surface area contributed by atoms with Gasteiger partial charge in [0, 0.05) is 23.1 Å². The zero-order valence-corrected chi connectivity index (χ0v) is 13.3. The third-order valence-electron chi connectivity index (χ3n) is 4.93. The Morgan fingerprint density at radius 3 is 2.77 bits per heavy atom.